The average Bonchev–Trinajstić information content (AvgIpc) is 2.75. The maximum Gasteiger partial charge on any atom is -0.147 e. The van der Waals surface area contributed by atoms with Gasteiger partial charge in [0, 0.05) is 0 Å². The molecule has 1 aliphatic carbocycles. The van der Waals surface area contributed by atoms with E-state index in [2.05, 4.69) is 100 Å². The number of benzene rings is 1. The van der Waals surface area contributed by atoms with Gasteiger partial charge in [0.2, 0.25) is 0 Å². The summed E-state index contributed by atoms with van der Waals surface area (Å²) in [4.78, 5) is 0. The van der Waals surface area contributed by atoms with Crippen molar-refractivity contribution < 1.29 is 15.8 Å². The van der Waals surface area contributed by atoms with Crippen molar-refractivity contribution in [2.45, 2.75) is 90.4 Å². The first kappa shape index (κ1) is 33.9. The fourth-order valence-electron chi connectivity index (χ4n) is 5.64. The first-order valence-corrected chi connectivity index (χ1v) is 22.0. The van der Waals surface area contributed by atoms with Crippen LogP contribution in [-0.4, -0.2) is 15.5 Å². The van der Waals surface area contributed by atoms with Crippen molar-refractivity contribution >= 4 is 63.1 Å². The third-order valence-corrected chi connectivity index (χ3v) is 33.3. The van der Waals surface area contributed by atoms with Crippen LogP contribution in [0, 0.1) is 12.8 Å². The van der Waals surface area contributed by atoms with Crippen LogP contribution < -0.4 is 10.4 Å². The average molecular weight is 558 g/mol. The summed E-state index contributed by atoms with van der Waals surface area (Å²) < 4.78 is 3.67. The standard InChI is InChI=1S/C10H17Si2.C9H13.2C3H7.3ClH.Ti/c1-8-5-9(11)7-10(6-8)12(2,3)4;1-6-5-7(2)9(4)8(6)3;2*1-3-2;;;;/h5-7H,11H2,1-4H3;6H,1-4H3;2*3H,1-2H3;3*1H;. The van der Waals surface area contributed by atoms with E-state index in [1.165, 1.54) is 5.56 Å². The van der Waals surface area contributed by atoms with Gasteiger partial charge in [-0.1, -0.05) is 0 Å². The van der Waals surface area contributed by atoms with E-state index < -0.39 is 23.9 Å². The van der Waals surface area contributed by atoms with Gasteiger partial charge in [0.05, 0.1) is 0 Å². The van der Waals surface area contributed by atoms with Crippen molar-refractivity contribution in [1.82, 2.24) is 0 Å². The zero-order valence-corrected chi connectivity index (χ0v) is 28.3. The van der Waals surface area contributed by atoms with Gasteiger partial charge in [-0.15, -0.1) is 37.2 Å². The maximum absolute atomic E-state index is 2.65. The zero-order valence-electron chi connectivity index (χ0n) is 21.9. The molecule has 0 fully saturated rings. The van der Waals surface area contributed by atoms with E-state index >= 15 is 0 Å². The van der Waals surface area contributed by atoms with Crippen molar-refractivity contribution in [1.29, 1.82) is 0 Å². The van der Waals surface area contributed by atoms with Gasteiger partial charge in [-0.25, -0.2) is 0 Å². The first-order valence-electron chi connectivity index (χ1n) is 11.2. The second-order valence-electron chi connectivity index (χ2n) is 11.1. The molecule has 0 nitrogen and oxygen atoms in total. The molecule has 0 spiro atoms. The zero-order chi connectivity index (χ0) is 21.6. The van der Waals surface area contributed by atoms with Crippen molar-refractivity contribution in [2.24, 2.45) is 5.92 Å². The second-order valence-corrected chi connectivity index (χ2v) is 31.5. The molecule has 31 heavy (non-hydrogen) atoms. The summed E-state index contributed by atoms with van der Waals surface area (Å²) in [6, 6.07) is 7.68. The molecule has 1 atom stereocenters. The van der Waals surface area contributed by atoms with Gasteiger partial charge in [0.15, 0.2) is 0 Å². The normalized spacial score (nSPS) is 17.4. The van der Waals surface area contributed by atoms with Crippen molar-refractivity contribution in [3.05, 3.63) is 44.4 Å². The number of rotatable bonds is 6. The Morgan fingerprint density at radius 2 is 1.29 bits per heavy atom. The smallest absolute Gasteiger partial charge is 0.147 e. The van der Waals surface area contributed by atoms with E-state index in [0.717, 1.165) is 8.45 Å². The molecule has 0 saturated carbocycles. The van der Waals surface area contributed by atoms with E-state index in [-0.39, 0.29) is 44.6 Å². The van der Waals surface area contributed by atoms with Gasteiger partial charge in [-0.3, -0.25) is 0 Å². The SMILES string of the molecule is CC1=C(C)C(C)[C]([Ti]([SiH2]c2cc(C)cc([Si](C)(C)C)c2)([CH](C)C)[CH](C)C)=C1C.Cl.Cl.Cl. The summed E-state index contributed by atoms with van der Waals surface area (Å²) in [6.07, 6.45) is 0. The number of allylic oxidation sites excluding steroid dienone is 4. The molecule has 0 bridgehead atoms. The molecule has 2 rings (SSSR count). The summed E-state index contributed by atoms with van der Waals surface area (Å²) >= 11 is -2.25. The quantitative estimate of drug-likeness (QED) is 0.316. The molecule has 0 radical (unpaired) electrons. The van der Waals surface area contributed by atoms with Crippen LogP contribution >= 0.6 is 37.2 Å². The summed E-state index contributed by atoms with van der Waals surface area (Å²) in [5.74, 6) is 0.679. The molecular formula is C25H47Cl3Si2Ti. The number of hydrogen-bond donors (Lipinski definition) is 0. The summed E-state index contributed by atoms with van der Waals surface area (Å²) in [7, 11) is -1.60. The van der Waals surface area contributed by atoms with E-state index in [1.54, 1.807) is 27.1 Å². The van der Waals surface area contributed by atoms with Crippen LogP contribution in [0.1, 0.15) is 61.0 Å². The molecule has 0 aromatic heterocycles. The molecule has 0 saturated heterocycles. The Kier molecular flexibility index (Phi) is 13.6. The monoisotopic (exact) mass is 556 g/mol. The van der Waals surface area contributed by atoms with E-state index in [9.17, 15) is 0 Å². The van der Waals surface area contributed by atoms with Crippen LogP contribution in [0.2, 0.25) is 28.1 Å². The van der Waals surface area contributed by atoms with Gasteiger partial charge in [0.1, 0.15) is 0 Å². The van der Waals surface area contributed by atoms with Crippen LogP contribution in [0.25, 0.3) is 0 Å². The fourth-order valence-corrected chi connectivity index (χ4v) is 27.8. The third-order valence-electron chi connectivity index (χ3n) is 7.70. The first-order chi connectivity index (χ1) is 12.7. The van der Waals surface area contributed by atoms with Crippen LogP contribution in [0.15, 0.2) is 38.8 Å². The molecule has 0 aliphatic heterocycles. The molecule has 1 unspecified atom stereocenters. The number of aryl methyl sites for hydroxylation is 1. The van der Waals surface area contributed by atoms with Gasteiger partial charge in [-0.05, 0) is 0 Å². The topological polar surface area (TPSA) is 0 Å². The molecule has 0 N–H and O–H groups in total. The minimum Gasteiger partial charge on any atom is -0.147 e. The number of halogens is 3. The van der Waals surface area contributed by atoms with Gasteiger partial charge < -0.3 is 0 Å². The molecule has 0 amide bonds. The minimum absolute atomic E-state index is 0. The molecule has 1 aliphatic rings. The largest absolute Gasteiger partial charge is 0.147 e. The van der Waals surface area contributed by atoms with Crippen LogP contribution in [0.4, 0.5) is 0 Å². The van der Waals surface area contributed by atoms with E-state index in [1.807, 2.05) is 3.88 Å². The molecule has 180 valence electrons. The molecular weight excluding hydrogens is 511 g/mol. The predicted octanol–water partition coefficient (Wildman–Crippen LogP) is 7.59. The Bertz CT molecular complexity index is 813. The molecule has 6 heteroatoms. The number of hydrogen-bond acceptors (Lipinski definition) is 0. The molecule has 1 aromatic rings. The Labute approximate surface area is 218 Å². The fraction of sp³-hybridized carbons (Fsp3) is 0.600. The second kappa shape index (κ2) is 12.4. The summed E-state index contributed by atoms with van der Waals surface area (Å²) in [5.41, 5.74) is 6.41. The third kappa shape index (κ3) is 6.65. The van der Waals surface area contributed by atoms with Crippen molar-refractivity contribution in [3.8, 4) is 0 Å². The molecule has 0 heterocycles. The Morgan fingerprint density at radius 1 is 0.806 bits per heavy atom. The predicted molar refractivity (Wildman–Crippen MR) is 155 cm³/mol. The van der Waals surface area contributed by atoms with E-state index in [0.29, 0.717) is 5.92 Å². The van der Waals surface area contributed by atoms with Gasteiger partial charge in [-0.2, -0.15) is 0 Å². The minimum atomic E-state index is -2.25. The van der Waals surface area contributed by atoms with Crippen LogP contribution in [0.3, 0.4) is 0 Å². The Hall–Kier alpha value is 0.718. The van der Waals surface area contributed by atoms with E-state index in [4.69, 9.17) is 0 Å². The molecule has 1 aromatic carbocycles. The van der Waals surface area contributed by atoms with Crippen LogP contribution in [-0.2, 0) is 15.8 Å². The van der Waals surface area contributed by atoms with Gasteiger partial charge >= 0.3 is 182 Å². The van der Waals surface area contributed by atoms with Crippen molar-refractivity contribution in [2.75, 3.05) is 0 Å². The summed E-state index contributed by atoms with van der Waals surface area (Å²) in [5, 5.41) is 3.42. The maximum atomic E-state index is 2.65. The van der Waals surface area contributed by atoms with Gasteiger partial charge in [0.25, 0.3) is 0 Å². The van der Waals surface area contributed by atoms with Crippen molar-refractivity contribution in [3.63, 3.8) is 0 Å². The Morgan fingerprint density at radius 3 is 1.65 bits per heavy atom. The van der Waals surface area contributed by atoms with Crippen LogP contribution in [0.5, 0.6) is 0 Å². The summed E-state index contributed by atoms with van der Waals surface area (Å²) in [6.45, 7) is 29.8. The Balaban J connectivity index is 0.